The summed E-state index contributed by atoms with van der Waals surface area (Å²) in [5.74, 6) is 1.40. The zero-order valence-electron chi connectivity index (χ0n) is 20.4. The first kappa shape index (κ1) is 24.9. The predicted octanol–water partition coefficient (Wildman–Crippen LogP) is 5.86. The highest BCUT2D eigenvalue weighted by Crippen LogP contribution is 2.31. The van der Waals surface area contributed by atoms with Crippen molar-refractivity contribution in [3.05, 3.63) is 89.0 Å². The largest absolute Gasteiger partial charge is 0.487 e. The summed E-state index contributed by atoms with van der Waals surface area (Å²) in [6, 6.07) is 17.5. The topological polar surface area (TPSA) is 88.9 Å². The van der Waals surface area contributed by atoms with Gasteiger partial charge in [0.05, 0.1) is 23.2 Å². The second-order valence-corrected chi connectivity index (χ2v) is 9.65. The van der Waals surface area contributed by atoms with Gasteiger partial charge in [-0.3, -0.25) is 4.99 Å². The van der Waals surface area contributed by atoms with Gasteiger partial charge >= 0.3 is 0 Å². The maximum absolute atomic E-state index is 13.4. The van der Waals surface area contributed by atoms with E-state index in [2.05, 4.69) is 20.3 Å². The number of nitrogens with one attached hydrogen (secondary N) is 1. The maximum Gasteiger partial charge on any atom is 0.188 e. The number of rotatable bonds is 8. The molecule has 0 unspecified atom stereocenters. The standard InChI is InChI=1S/C28H26ClFN4O3/c1-17(35)28(2)15-31-26(37-28)12-18-6-8-24-22(11-18)27(33-16-32-24)34-21-7-9-25(23(29)13-21)36-14-19-4-3-5-20(30)10-19/h3-11,13,16-17,35H,12,14-15H2,1-2H3,(H,32,33,34)/t17-,28-/m0/s1. The smallest absolute Gasteiger partial charge is 0.188 e. The van der Waals surface area contributed by atoms with Gasteiger partial charge in [0.15, 0.2) is 11.5 Å². The lowest BCUT2D eigenvalue weighted by Gasteiger charge is -2.26. The number of benzene rings is 3. The maximum atomic E-state index is 13.4. The molecule has 0 aliphatic carbocycles. The number of aliphatic imine (C=N–C) groups is 1. The van der Waals surface area contributed by atoms with Gasteiger partial charge in [-0.1, -0.05) is 29.8 Å². The molecule has 0 saturated carbocycles. The number of hydrogen-bond acceptors (Lipinski definition) is 7. The van der Waals surface area contributed by atoms with E-state index in [0.717, 1.165) is 22.2 Å². The van der Waals surface area contributed by atoms with Gasteiger partial charge in [-0.05, 0) is 67.4 Å². The number of aromatic nitrogens is 2. The molecule has 3 aromatic carbocycles. The Kier molecular flexibility index (Phi) is 6.95. The van der Waals surface area contributed by atoms with Crippen LogP contribution in [0.1, 0.15) is 25.0 Å². The molecule has 7 nitrogen and oxygen atoms in total. The lowest BCUT2D eigenvalue weighted by Crippen LogP contribution is -2.41. The van der Waals surface area contributed by atoms with Crippen LogP contribution in [0.15, 0.2) is 72.0 Å². The van der Waals surface area contributed by atoms with Crippen molar-refractivity contribution in [3.8, 4) is 5.75 Å². The predicted molar refractivity (Wildman–Crippen MR) is 142 cm³/mol. The second-order valence-electron chi connectivity index (χ2n) is 9.24. The third-order valence-corrected chi connectivity index (χ3v) is 6.63. The Balaban J connectivity index is 1.31. The summed E-state index contributed by atoms with van der Waals surface area (Å²) in [6.45, 7) is 4.19. The lowest BCUT2D eigenvalue weighted by atomic mass is 10.0. The van der Waals surface area contributed by atoms with Gasteiger partial charge in [-0.25, -0.2) is 14.4 Å². The van der Waals surface area contributed by atoms with E-state index in [9.17, 15) is 9.50 Å². The molecule has 2 N–H and O–H groups in total. The van der Waals surface area contributed by atoms with E-state index in [1.165, 1.54) is 18.5 Å². The number of aliphatic hydroxyl groups excluding tert-OH is 1. The van der Waals surface area contributed by atoms with Gasteiger partial charge in [0.1, 0.15) is 30.3 Å². The Labute approximate surface area is 219 Å². The fourth-order valence-corrected chi connectivity index (χ4v) is 4.23. The molecule has 9 heteroatoms. The minimum absolute atomic E-state index is 0.203. The van der Waals surface area contributed by atoms with Crippen molar-refractivity contribution in [1.82, 2.24) is 9.97 Å². The molecule has 2 heterocycles. The van der Waals surface area contributed by atoms with Crippen LogP contribution in [0.2, 0.25) is 5.02 Å². The molecule has 0 bridgehead atoms. The van der Waals surface area contributed by atoms with Crippen LogP contribution in [0.25, 0.3) is 10.9 Å². The van der Waals surface area contributed by atoms with Crippen molar-refractivity contribution < 1.29 is 19.0 Å². The van der Waals surface area contributed by atoms with E-state index in [1.54, 1.807) is 31.2 Å². The minimum atomic E-state index is -0.700. The third kappa shape index (κ3) is 5.65. The van der Waals surface area contributed by atoms with Crippen LogP contribution in [0, 0.1) is 5.82 Å². The number of hydrogen-bond donors (Lipinski definition) is 2. The summed E-state index contributed by atoms with van der Waals surface area (Å²) in [5.41, 5.74) is 2.51. The monoisotopic (exact) mass is 520 g/mol. The van der Waals surface area contributed by atoms with Crippen LogP contribution in [0.3, 0.4) is 0 Å². The fraction of sp³-hybridized carbons (Fsp3) is 0.250. The van der Waals surface area contributed by atoms with Gasteiger partial charge in [-0.15, -0.1) is 0 Å². The normalized spacial score (nSPS) is 17.8. The zero-order chi connectivity index (χ0) is 26.0. The van der Waals surface area contributed by atoms with E-state index in [4.69, 9.17) is 21.1 Å². The molecular weight excluding hydrogens is 495 g/mol. The Morgan fingerprint density at radius 2 is 2.00 bits per heavy atom. The number of aliphatic hydroxyl groups is 1. The summed E-state index contributed by atoms with van der Waals surface area (Å²) >= 11 is 6.46. The van der Waals surface area contributed by atoms with Crippen LogP contribution >= 0.6 is 11.6 Å². The van der Waals surface area contributed by atoms with Crippen LogP contribution in [0.5, 0.6) is 5.75 Å². The van der Waals surface area contributed by atoms with Gasteiger partial charge in [0.2, 0.25) is 0 Å². The summed E-state index contributed by atoms with van der Waals surface area (Å²) in [6.07, 6.45) is 1.37. The molecule has 37 heavy (non-hydrogen) atoms. The molecule has 5 rings (SSSR count). The SMILES string of the molecule is C[C@H](O)[C@]1(C)CN=C(Cc2ccc3ncnc(Nc4ccc(OCc5cccc(F)c5)c(Cl)c4)c3c2)O1. The van der Waals surface area contributed by atoms with Crippen molar-refractivity contribution in [1.29, 1.82) is 0 Å². The number of fused-ring (bicyclic) bond motifs is 1. The van der Waals surface area contributed by atoms with Gasteiger partial charge in [0.25, 0.3) is 0 Å². The first-order chi connectivity index (χ1) is 17.8. The van der Waals surface area contributed by atoms with Crippen molar-refractivity contribution in [2.24, 2.45) is 4.99 Å². The first-order valence-corrected chi connectivity index (χ1v) is 12.2. The first-order valence-electron chi connectivity index (χ1n) is 11.9. The Bertz CT molecular complexity index is 1480. The molecule has 0 radical (unpaired) electrons. The van der Waals surface area contributed by atoms with E-state index in [1.807, 2.05) is 31.2 Å². The summed E-state index contributed by atoms with van der Waals surface area (Å²) in [7, 11) is 0. The zero-order valence-corrected chi connectivity index (χ0v) is 21.2. The van der Waals surface area contributed by atoms with Crippen LogP contribution in [0.4, 0.5) is 15.9 Å². The minimum Gasteiger partial charge on any atom is -0.487 e. The van der Waals surface area contributed by atoms with E-state index in [-0.39, 0.29) is 12.4 Å². The van der Waals surface area contributed by atoms with Gasteiger partial charge in [0, 0.05) is 17.5 Å². The van der Waals surface area contributed by atoms with Gasteiger partial charge < -0.3 is 19.9 Å². The quantitative estimate of drug-likeness (QED) is 0.303. The van der Waals surface area contributed by atoms with Crippen molar-refractivity contribution in [2.75, 3.05) is 11.9 Å². The van der Waals surface area contributed by atoms with E-state index in [0.29, 0.717) is 41.0 Å². The highest BCUT2D eigenvalue weighted by atomic mass is 35.5. The highest BCUT2D eigenvalue weighted by Gasteiger charge is 2.37. The molecule has 4 aromatic rings. The average molecular weight is 521 g/mol. The number of ether oxygens (including phenoxy) is 2. The summed E-state index contributed by atoms with van der Waals surface area (Å²) in [5, 5.41) is 14.5. The van der Waals surface area contributed by atoms with Crippen molar-refractivity contribution >= 4 is 39.9 Å². The van der Waals surface area contributed by atoms with E-state index < -0.39 is 11.7 Å². The Morgan fingerprint density at radius 1 is 1.14 bits per heavy atom. The molecule has 1 aliphatic rings. The van der Waals surface area contributed by atoms with Crippen molar-refractivity contribution in [3.63, 3.8) is 0 Å². The molecule has 0 spiro atoms. The Morgan fingerprint density at radius 3 is 2.76 bits per heavy atom. The Hall–Kier alpha value is -3.75. The molecule has 0 saturated heterocycles. The van der Waals surface area contributed by atoms with Crippen LogP contribution < -0.4 is 10.1 Å². The number of halogens is 2. The number of nitrogens with zero attached hydrogens (tertiary/aromatic N) is 3. The molecule has 0 amide bonds. The molecule has 1 aromatic heterocycles. The van der Waals surface area contributed by atoms with E-state index >= 15 is 0 Å². The summed E-state index contributed by atoms with van der Waals surface area (Å²) < 4.78 is 25.1. The third-order valence-electron chi connectivity index (χ3n) is 6.34. The van der Waals surface area contributed by atoms with Crippen molar-refractivity contribution in [2.45, 2.75) is 38.6 Å². The number of anilines is 2. The van der Waals surface area contributed by atoms with Crippen LogP contribution in [-0.4, -0.2) is 39.2 Å². The molecule has 2 atom stereocenters. The van der Waals surface area contributed by atoms with Gasteiger partial charge in [-0.2, -0.15) is 0 Å². The second kappa shape index (κ2) is 10.3. The summed E-state index contributed by atoms with van der Waals surface area (Å²) in [4.78, 5) is 13.3. The molecule has 0 fully saturated rings. The molecule has 1 aliphatic heterocycles. The average Bonchev–Trinajstić information content (AvgIpc) is 3.26. The fourth-order valence-electron chi connectivity index (χ4n) is 4.00. The highest BCUT2D eigenvalue weighted by molar-refractivity contribution is 6.32. The molecular formula is C28H26ClFN4O3. The lowest BCUT2D eigenvalue weighted by molar-refractivity contribution is -0.0207. The molecule has 190 valence electrons. The van der Waals surface area contributed by atoms with Crippen LogP contribution in [-0.2, 0) is 17.8 Å².